The Morgan fingerprint density at radius 3 is 2.69 bits per heavy atom. The SMILES string of the molecule is Cc1cc(Cl)cc(N(C)C(=O)O)n1. The number of pyridine rings is 1. The molecular weight excluding hydrogens is 192 g/mol. The van der Waals surface area contributed by atoms with Crippen LogP contribution >= 0.6 is 11.6 Å². The molecule has 0 radical (unpaired) electrons. The molecule has 0 aliphatic heterocycles. The lowest BCUT2D eigenvalue weighted by Crippen LogP contribution is -2.24. The Labute approximate surface area is 80.8 Å². The van der Waals surface area contributed by atoms with E-state index in [-0.39, 0.29) is 0 Å². The van der Waals surface area contributed by atoms with Crippen LogP contribution in [0.1, 0.15) is 5.69 Å². The molecule has 13 heavy (non-hydrogen) atoms. The van der Waals surface area contributed by atoms with Crippen molar-refractivity contribution in [3.63, 3.8) is 0 Å². The Balaban J connectivity index is 3.07. The van der Waals surface area contributed by atoms with Crippen molar-refractivity contribution in [3.05, 3.63) is 22.8 Å². The molecule has 0 aliphatic rings. The van der Waals surface area contributed by atoms with Crippen molar-refractivity contribution >= 4 is 23.5 Å². The summed E-state index contributed by atoms with van der Waals surface area (Å²) in [5, 5.41) is 9.14. The van der Waals surface area contributed by atoms with E-state index < -0.39 is 6.09 Å². The highest BCUT2D eigenvalue weighted by Crippen LogP contribution is 2.17. The van der Waals surface area contributed by atoms with Crippen LogP contribution in [0.2, 0.25) is 5.02 Å². The molecule has 0 bridgehead atoms. The summed E-state index contributed by atoms with van der Waals surface area (Å²) in [4.78, 5) is 15.6. The van der Waals surface area contributed by atoms with E-state index >= 15 is 0 Å². The first-order chi connectivity index (χ1) is 6.00. The number of amides is 1. The fourth-order valence-electron chi connectivity index (χ4n) is 0.880. The van der Waals surface area contributed by atoms with Gasteiger partial charge in [0.05, 0.1) is 0 Å². The van der Waals surface area contributed by atoms with Gasteiger partial charge in [-0.3, -0.25) is 4.90 Å². The second-order valence-corrected chi connectivity index (χ2v) is 3.06. The summed E-state index contributed by atoms with van der Waals surface area (Å²) in [5.74, 6) is 0.331. The highest BCUT2D eigenvalue weighted by atomic mass is 35.5. The molecule has 0 saturated carbocycles. The summed E-state index contributed by atoms with van der Waals surface area (Å²) in [6.45, 7) is 1.76. The molecule has 1 rings (SSSR count). The second kappa shape index (κ2) is 3.62. The molecule has 0 fully saturated rings. The monoisotopic (exact) mass is 200 g/mol. The summed E-state index contributed by atoms with van der Waals surface area (Å²) in [6.07, 6.45) is -1.06. The van der Waals surface area contributed by atoms with E-state index in [1.54, 1.807) is 13.0 Å². The maximum Gasteiger partial charge on any atom is 0.412 e. The van der Waals surface area contributed by atoms with Crippen molar-refractivity contribution < 1.29 is 9.90 Å². The van der Waals surface area contributed by atoms with Crippen LogP contribution in [0.3, 0.4) is 0 Å². The van der Waals surface area contributed by atoms with Crippen molar-refractivity contribution in [2.75, 3.05) is 11.9 Å². The highest BCUT2D eigenvalue weighted by molar-refractivity contribution is 6.30. The van der Waals surface area contributed by atoms with Crippen molar-refractivity contribution in [3.8, 4) is 0 Å². The summed E-state index contributed by atoms with van der Waals surface area (Å²) in [7, 11) is 1.42. The second-order valence-electron chi connectivity index (χ2n) is 2.63. The van der Waals surface area contributed by atoms with Crippen LogP contribution in [0, 0.1) is 6.92 Å². The van der Waals surface area contributed by atoms with Crippen LogP contribution < -0.4 is 4.90 Å². The van der Waals surface area contributed by atoms with Gasteiger partial charge >= 0.3 is 6.09 Å². The van der Waals surface area contributed by atoms with Gasteiger partial charge in [0.2, 0.25) is 0 Å². The first kappa shape index (κ1) is 9.80. The number of hydrogen-bond donors (Lipinski definition) is 1. The molecule has 1 aromatic rings. The Kier molecular flexibility index (Phi) is 2.72. The highest BCUT2D eigenvalue weighted by Gasteiger charge is 2.10. The summed E-state index contributed by atoms with van der Waals surface area (Å²) in [6, 6.07) is 3.17. The zero-order valence-electron chi connectivity index (χ0n) is 7.28. The van der Waals surface area contributed by atoms with Crippen molar-refractivity contribution in [2.24, 2.45) is 0 Å². The molecule has 0 aromatic carbocycles. The molecule has 0 atom stereocenters. The normalized spacial score (nSPS) is 9.77. The Morgan fingerprint density at radius 1 is 1.62 bits per heavy atom. The van der Waals surface area contributed by atoms with Crippen molar-refractivity contribution in [2.45, 2.75) is 6.92 Å². The summed E-state index contributed by atoms with van der Waals surface area (Å²) < 4.78 is 0. The fourth-order valence-corrected chi connectivity index (χ4v) is 1.14. The van der Waals surface area contributed by atoms with E-state index in [2.05, 4.69) is 4.98 Å². The molecule has 70 valence electrons. The molecule has 1 N–H and O–H groups in total. The van der Waals surface area contributed by atoms with Crippen LogP contribution in [-0.2, 0) is 0 Å². The predicted molar refractivity (Wildman–Crippen MR) is 50.4 cm³/mol. The van der Waals surface area contributed by atoms with Gasteiger partial charge in [0.25, 0.3) is 0 Å². The molecule has 4 nitrogen and oxygen atoms in total. The van der Waals surface area contributed by atoms with Crippen LogP contribution in [-0.4, -0.2) is 23.2 Å². The molecule has 0 unspecified atom stereocenters. The van der Waals surface area contributed by atoms with Gasteiger partial charge in [-0.2, -0.15) is 0 Å². The molecule has 1 aromatic heterocycles. The quantitative estimate of drug-likeness (QED) is 0.756. The lowest BCUT2D eigenvalue weighted by molar-refractivity contribution is 0.203. The van der Waals surface area contributed by atoms with E-state index in [9.17, 15) is 4.79 Å². The number of nitrogens with zero attached hydrogens (tertiary/aromatic N) is 2. The van der Waals surface area contributed by atoms with Crippen LogP contribution in [0.25, 0.3) is 0 Å². The van der Waals surface area contributed by atoms with Gasteiger partial charge in [-0.05, 0) is 19.1 Å². The number of halogens is 1. The number of hydrogen-bond acceptors (Lipinski definition) is 2. The van der Waals surface area contributed by atoms with Gasteiger partial charge < -0.3 is 5.11 Å². The first-order valence-corrected chi connectivity index (χ1v) is 3.99. The number of rotatable bonds is 1. The van der Waals surface area contributed by atoms with E-state index in [1.165, 1.54) is 13.1 Å². The van der Waals surface area contributed by atoms with Gasteiger partial charge in [0.15, 0.2) is 0 Å². The zero-order chi connectivity index (χ0) is 10.0. The smallest absolute Gasteiger partial charge is 0.412 e. The van der Waals surface area contributed by atoms with Crippen LogP contribution in [0.15, 0.2) is 12.1 Å². The maximum absolute atomic E-state index is 10.6. The predicted octanol–water partition coefficient (Wildman–Crippen LogP) is 2.16. The molecule has 0 aliphatic carbocycles. The third kappa shape index (κ3) is 2.32. The third-order valence-corrected chi connectivity index (χ3v) is 1.75. The minimum Gasteiger partial charge on any atom is -0.465 e. The summed E-state index contributed by atoms with van der Waals surface area (Å²) in [5.41, 5.74) is 0.690. The van der Waals surface area contributed by atoms with Crippen molar-refractivity contribution in [1.29, 1.82) is 0 Å². The molecule has 0 saturated heterocycles. The van der Waals surface area contributed by atoms with Gasteiger partial charge in [-0.25, -0.2) is 9.78 Å². The minimum absolute atomic E-state index is 0.331. The van der Waals surface area contributed by atoms with E-state index in [4.69, 9.17) is 16.7 Å². The van der Waals surface area contributed by atoms with E-state index in [0.29, 0.717) is 16.5 Å². The number of aromatic nitrogens is 1. The fraction of sp³-hybridized carbons (Fsp3) is 0.250. The average Bonchev–Trinajstić information content (AvgIpc) is 2.01. The third-order valence-electron chi connectivity index (χ3n) is 1.54. The first-order valence-electron chi connectivity index (χ1n) is 3.61. The lowest BCUT2D eigenvalue weighted by atomic mass is 10.3. The standard InChI is InChI=1S/C8H9ClN2O2/c1-5-3-6(9)4-7(10-5)11(2)8(12)13/h3-4H,1-2H3,(H,12,13). The molecule has 5 heteroatoms. The van der Waals surface area contributed by atoms with Gasteiger partial charge in [0, 0.05) is 17.8 Å². The largest absolute Gasteiger partial charge is 0.465 e. The maximum atomic E-state index is 10.6. The number of carboxylic acid groups (broad SMARTS) is 1. The molecular formula is C8H9ClN2O2. The molecule has 1 amide bonds. The lowest BCUT2D eigenvalue weighted by Gasteiger charge is -2.12. The average molecular weight is 201 g/mol. The van der Waals surface area contributed by atoms with Gasteiger partial charge in [-0.1, -0.05) is 11.6 Å². The number of aryl methyl sites for hydroxylation is 1. The Bertz CT molecular complexity index is 321. The number of anilines is 1. The van der Waals surface area contributed by atoms with Gasteiger partial charge in [-0.15, -0.1) is 0 Å². The van der Waals surface area contributed by atoms with Crippen LogP contribution in [0.4, 0.5) is 10.6 Å². The topological polar surface area (TPSA) is 53.4 Å². The molecule has 1 heterocycles. The Hall–Kier alpha value is -1.29. The van der Waals surface area contributed by atoms with Crippen LogP contribution in [0.5, 0.6) is 0 Å². The molecule has 0 spiro atoms. The minimum atomic E-state index is -1.06. The summed E-state index contributed by atoms with van der Waals surface area (Å²) >= 11 is 5.74. The Morgan fingerprint density at radius 2 is 2.23 bits per heavy atom. The zero-order valence-corrected chi connectivity index (χ0v) is 8.04. The van der Waals surface area contributed by atoms with E-state index in [1.807, 2.05) is 0 Å². The van der Waals surface area contributed by atoms with E-state index in [0.717, 1.165) is 4.90 Å². The number of carbonyl (C=O) groups is 1. The van der Waals surface area contributed by atoms with Crippen molar-refractivity contribution in [1.82, 2.24) is 4.98 Å². The van der Waals surface area contributed by atoms with Gasteiger partial charge in [0.1, 0.15) is 5.82 Å².